The first-order valence-electron chi connectivity index (χ1n) is 10.4. The number of hydrogen-bond donors (Lipinski definition) is 0. The fourth-order valence-corrected chi connectivity index (χ4v) is 4.53. The lowest BCUT2D eigenvalue weighted by Gasteiger charge is -2.36. The largest absolute Gasteiger partial charge is 0.490 e. The van der Waals surface area contributed by atoms with Crippen molar-refractivity contribution in [3.05, 3.63) is 59.4 Å². The molecule has 1 heterocycles. The molecule has 3 rings (SSSR count). The number of ether oxygens (including phenoxy) is 2. The molecule has 2 atom stereocenters. The normalized spacial score (nSPS) is 23.9. The van der Waals surface area contributed by atoms with Crippen LogP contribution in [0, 0.1) is 5.92 Å². The second-order valence-electron chi connectivity index (χ2n) is 7.80. The van der Waals surface area contributed by atoms with E-state index in [0.717, 1.165) is 23.5 Å². The molecule has 1 aliphatic heterocycles. The topological polar surface area (TPSA) is 35.5 Å². The number of rotatable bonds is 6. The van der Waals surface area contributed by atoms with Gasteiger partial charge in [0.25, 0.3) is 0 Å². The Labute approximate surface area is 163 Å². The number of allylic oxidation sites excluding steroid dienone is 1. The van der Waals surface area contributed by atoms with Crippen molar-refractivity contribution in [3.8, 4) is 0 Å². The van der Waals surface area contributed by atoms with Gasteiger partial charge in [-0.15, -0.1) is 0 Å². The standard InChI is InChI=1S/C24H32O3/c1-4-26-24(25)23-18(3)27-21(16-15-19-11-7-5-8-12-19)17(2)22(23)20-13-9-6-10-14-20/h6,9-10,13-14,19,21-22H,2,4-5,7-8,11-12,15-16H2,1,3H3. The molecule has 146 valence electrons. The fourth-order valence-electron chi connectivity index (χ4n) is 4.53. The van der Waals surface area contributed by atoms with Gasteiger partial charge in [-0.25, -0.2) is 4.79 Å². The molecule has 0 N–H and O–H groups in total. The van der Waals surface area contributed by atoms with Gasteiger partial charge in [0.15, 0.2) is 0 Å². The molecule has 1 aromatic rings. The summed E-state index contributed by atoms with van der Waals surface area (Å²) in [7, 11) is 0. The molecule has 1 saturated carbocycles. The Hall–Kier alpha value is -2.03. The van der Waals surface area contributed by atoms with Crippen LogP contribution in [0.15, 0.2) is 53.8 Å². The first kappa shape index (κ1) is 19.7. The lowest BCUT2D eigenvalue weighted by molar-refractivity contribution is -0.139. The van der Waals surface area contributed by atoms with Crippen molar-refractivity contribution in [3.63, 3.8) is 0 Å². The van der Waals surface area contributed by atoms with Gasteiger partial charge in [0.1, 0.15) is 11.9 Å². The first-order chi connectivity index (χ1) is 13.1. The van der Waals surface area contributed by atoms with Crippen molar-refractivity contribution in [2.24, 2.45) is 5.92 Å². The maximum Gasteiger partial charge on any atom is 0.338 e. The molecule has 2 unspecified atom stereocenters. The second kappa shape index (κ2) is 9.25. The summed E-state index contributed by atoms with van der Waals surface area (Å²) in [6, 6.07) is 10.1. The average molecular weight is 369 g/mol. The highest BCUT2D eigenvalue weighted by Crippen LogP contribution is 2.42. The molecular weight excluding hydrogens is 336 g/mol. The Morgan fingerprint density at radius 3 is 2.52 bits per heavy atom. The first-order valence-corrected chi connectivity index (χ1v) is 10.4. The van der Waals surface area contributed by atoms with E-state index in [1.807, 2.05) is 32.0 Å². The molecule has 1 fully saturated rings. The third-order valence-electron chi connectivity index (χ3n) is 5.96. The Bertz CT molecular complexity index is 683. The van der Waals surface area contributed by atoms with Crippen LogP contribution in [0.4, 0.5) is 0 Å². The zero-order valence-corrected chi connectivity index (χ0v) is 16.7. The zero-order valence-electron chi connectivity index (χ0n) is 16.7. The van der Waals surface area contributed by atoms with Crippen LogP contribution in [0.5, 0.6) is 0 Å². The van der Waals surface area contributed by atoms with E-state index in [0.29, 0.717) is 17.9 Å². The summed E-state index contributed by atoms with van der Waals surface area (Å²) >= 11 is 0. The average Bonchev–Trinajstić information content (AvgIpc) is 2.69. The molecule has 27 heavy (non-hydrogen) atoms. The van der Waals surface area contributed by atoms with Crippen molar-refractivity contribution >= 4 is 5.97 Å². The molecule has 2 aliphatic rings. The quantitative estimate of drug-likeness (QED) is 0.461. The molecular formula is C24H32O3. The maximum atomic E-state index is 12.6. The predicted octanol–water partition coefficient (Wildman–Crippen LogP) is 5.92. The maximum absolute atomic E-state index is 12.6. The predicted molar refractivity (Wildman–Crippen MR) is 108 cm³/mol. The van der Waals surface area contributed by atoms with Crippen LogP contribution >= 0.6 is 0 Å². The Kier molecular flexibility index (Phi) is 6.76. The van der Waals surface area contributed by atoms with Gasteiger partial charge in [0.2, 0.25) is 0 Å². The van der Waals surface area contributed by atoms with Crippen molar-refractivity contribution in [2.75, 3.05) is 6.61 Å². The van der Waals surface area contributed by atoms with Crippen molar-refractivity contribution in [2.45, 2.75) is 70.8 Å². The van der Waals surface area contributed by atoms with Gasteiger partial charge in [0, 0.05) is 5.92 Å². The highest BCUT2D eigenvalue weighted by molar-refractivity contribution is 5.92. The summed E-state index contributed by atoms with van der Waals surface area (Å²) in [6.45, 7) is 8.45. The van der Waals surface area contributed by atoms with Crippen molar-refractivity contribution < 1.29 is 14.3 Å². The van der Waals surface area contributed by atoms with Crippen LogP contribution < -0.4 is 0 Å². The Morgan fingerprint density at radius 2 is 1.85 bits per heavy atom. The second-order valence-corrected chi connectivity index (χ2v) is 7.80. The van der Waals surface area contributed by atoms with E-state index in [4.69, 9.17) is 9.47 Å². The van der Waals surface area contributed by atoms with E-state index in [9.17, 15) is 4.79 Å². The van der Waals surface area contributed by atoms with Gasteiger partial charge in [-0.05, 0) is 43.7 Å². The van der Waals surface area contributed by atoms with Gasteiger partial charge >= 0.3 is 5.97 Å². The molecule has 0 spiro atoms. The Balaban J connectivity index is 1.83. The monoisotopic (exact) mass is 368 g/mol. The molecule has 0 amide bonds. The van der Waals surface area contributed by atoms with Crippen LogP contribution in [0.25, 0.3) is 0 Å². The van der Waals surface area contributed by atoms with E-state index >= 15 is 0 Å². The van der Waals surface area contributed by atoms with Crippen LogP contribution in [-0.2, 0) is 14.3 Å². The number of carbonyl (C=O) groups is 1. The van der Waals surface area contributed by atoms with Gasteiger partial charge < -0.3 is 9.47 Å². The SMILES string of the molecule is C=C1C(CCC2CCCCC2)OC(C)=C(C(=O)OCC)C1c1ccccc1. The molecule has 1 aromatic carbocycles. The van der Waals surface area contributed by atoms with Crippen LogP contribution in [0.1, 0.15) is 70.3 Å². The summed E-state index contributed by atoms with van der Waals surface area (Å²) in [4.78, 5) is 12.6. The number of esters is 1. The number of carbonyl (C=O) groups excluding carboxylic acids is 1. The lowest BCUT2D eigenvalue weighted by Crippen LogP contribution is -2.31. The van der Waals surface area contributed by atoms with Crippen LogP contribution in [0.3, 0.4) is 0 Å². The van der Waals surface area contributed by atoms with E-state index in [-0.39, 0.29) is 18.0 Å². The van der Waals surface area contributed by atoms with Crippen molar-refractivity contribution in [1.82, 2.24) is 0 Å². The molecule has 3 heteroatoms. The van der Waals surface area contributed by atoms with Gasteiger partial charge in [-0.3, -0.25) is 0 Å². The highest BCUT2D eigenvalue weighted by atomic mass is 16.5. The molecule has 0 aromatic heterocycles. The van der Waals surface area contributed by atoms with Gasteiger partial charge in [-0.1, -0.05) is 69.0 Å². The molecule has 0 bridgehead atoms. The highest BCUT2D eigenvalue weighted by Gasteiger charge is 2.37. The van der Waals surface area contributed by atoms with Crippen LogP contribution in [0.2, 0.25) is 0 Å². The lowest BCUT2D eigenvalue weighted by atomic mass is 9.78. The summed E-state index contributed by atoms with van der Waals surface area (Å²) in [6.07, 6.45) is 8.88. The third-order valence-corrected chi connectivity index (χ3v) is 5.96. The molecule has 3 nitrogen and oxygen atoms in total. The summed E-state index contributed by atoms with van der Waals surface area (Å²) in [5, 5.41) is 0. The minimum Gasteiger partial charge on any atom is -0.490 e. The van der Waals surface area contributed by atoms with Crippen molar-refractivity contribution in [1.29, 1.82) is 0 Å². The minimum absolute atomic E-state index is 0.0321. The fraction of sp³-hybridized carbons (Fsp3) is 0.542. The van der Waals surface area contributed by atoms with E-state index in [1.165, 1.54) is 38.5 Å². The summed E-state index contributed by atoms with van der Waals surface area (Å²) in [5.41, 5.74) is 2.66. The third kappa shape index (κ3) is 4.63. The van der Waals surface area contributed by atoms with E-state index in [1.54, 1.807) is 0 Å². The Morgan fingerprint density at radius 1 is 1.15 bits per heavy atom. The minimum atomic E-state index is -0.296. The van der Waals surface area contributed by atoms with Gasteiger partial charge in [-0.2, -0.15) is 0 Å². The molecule has 0 saturated heterocycles. The van der Waals surface area contributed by atoms with E-state index < -0.39 is 0 Å². The molecule has 0 radical (unpaired) electrons. The number of benzene rings is 1. The summed E-state index contributed by atoms with van der Waals surface area (Å²) in [5.74, 6) is 1.04. The zero-order chi connectivity index (χ0) is 19.2. The smallest absolute Gasteiger partial charge is 0.338 e. The summed E-state index contributed by atoms with van der Waals surface area (Å²) < 4.78 is 11.5. The molecule has 1 aliphatic carbocycles. The van der Waals surface area contributed by atoms with E-state index in [2.05, 4.69) is 18.7 Å². The number of hydrogen-bond acceptors (Lipinski definition) is 3. The van der Waals surface area contributed by atoms with Gasteiger partial charge in [0.05, 0.1) is 12.2 Å². The van der Waals surface area contributed by atoms with Crippen LogP contribution in [-0.4, -0.2) is 18.7 Å².